The molecule has 1 saturated heterocycles. The Hall–Kier alpha value is -1.07. The lowest BCUT2D eigenvalue weighted by Crippen LogP contribution is -2.47. The van der Waals surface area contributed by atoms with Gasteiger partial charge in [-0.15, -0.1) is 11.6 Å². The summed E-state index contributed by atoms with van der Waals surface area (Å²) in [6.07, 6.45) is 1.56. The molecule has 0 aromatic carbocycles. The van der Waals surface area contributed by atoms with Crippen LogP contribution in [0.15, 0.2) is 6.33 Å². The molecule has 0 spiro atoms. The van der Waals surface area contributed by atoms with E-state index in [0.717, 1.165) is 44.1 Å². The van der Waals surface area contributed by atoms with Crippen LogP contribution in [0.1, 0.15) is 5.56 Å². The molecule has 0 atom stereocenters. The number of nitrogens with zero attached hydrogens (tertiary/aromatic N) is 4. The fraction of sp³-hybridized carbons (Fsp3) is 0.667. The maximum atomic E-state index is 5.76. The van der Waals surface area contributed by atoms with Crippen LogP contribution in [0.4, 0.5) is 5.82 Å². The highest BCUT2D eigenvalue weighted by Crippen LogP contribution is 2.24. The van der Waals surface area contributed by atoms with Crippen molar-refractivity contribution >= 4 is 17.4 Å². The summed E-state index contributed by atoms with van der Waals surface area (Å²) in [5.74, 6) is 2.33. The van der Waals surface area contributed by atoms with Crippen molar-refractivity contribution in [2.75, 3.05) is 50.6 Å². The third kappa shape index (κ3) is 2.84. The second kappa shape index (κ2) is 6.20. The number of halogens is 1. The smallest absolute Gasteiger partial charge is 0.221 e. The van der Waals surface area contributed by atoms with Crippen LogP contribution in [0.3, 0.4) is 0 Å². The molecular weight excluding hydrogens is 252 g/mol. The van der Waals surface area contributed by atoms with Crippen molar-refractivity contribution in [1.29, 1.82) is 0 Å². The Balaban J connectivity index is 2.05. The number of hydrogen-bond donors (Lipinski definition) is 0. The number of ether oxygens (including phenoxy) is 1. The molecule has 0 saturated carbocycles. The minimum Gasteiger partial charge on any atom is -0.481 e. The largest absolute Gasteiger partial charge is 0.481 e. The summed E-state index contributed by atoms with van der Waals surface area (Å²) in [4.78, 5) is 13.1. The van der Waals surface area contributed by atoms with Crippen molar-refractivity contribution in [3.8, 4) is 5.88 Å². The van der Waals surface area contributed by atoms with Gasteiger partial charge in [0.15, 0.2) is 0 Å². The first kappa shape index (κ1) is 13.4. The molecule has 0 aliphatic carbocycles. The van der Waals surface area contributed by atoms with Crippen molar-refractivity contribution in [3.63, 3.8) is 0 Å². The van der Waals surface area contributed by atoms with Crippen LogP contribution in [-0.2, 0) is 0 Å². The molecule has 1 fully saturated rings. The molecule has 5 nitrogen and oxygen atoms in total. The molecule has 6 heteroatoms. The summed E-state index contributed by atoms with van der Waals surface area (Å²) >= 11 is 5.76. The predicted molar refractivity (Wildman–Crippen MR) is 72.7 cm³/mol. The number of methoxy groups -OCH3 is 1. The van der Waals surface area contributed by atoms with Crippen molar-refractivity contribution in [2.45, 2.75) is 6.92 Å². The average Bonchev–Trinajstić information content (AvgIpc) is 2.41. The van der Waals surface area contributed by atoms with E-state index in [1.807, 2.05) is 6.92 Å². The van der Waals surface area contributed by atoms with Crippen molar-refractivity contribution in [3.05, 3.63) is 11.9 Å². The van der Waals surface area contributed by atoms with Gasteiger partial charge in [-0.05, 0) is 6.92 Å². The molecule has 100 valence electrons. The average molecular weight is 271 g/mol. The van der Waals surface area contributed by atoms with Gasteiger partial charge in [0.25, 0.3) is 0 Å². The first-order chi connectivity index (χ1) is 8.76. The van der Waals surface area contributed by atoms with E-state index < -0.39 is 0 Å². The fourth-order valence-electron chi connectivity index (χ4n) is 2.25. The molecule has 2 heterocycles. The Morgan fingerprint density at radius 3 is 2.61 bits per heavy atom. The molecular formula is C12H19ClN4O. The first-order valence-corrected chi connectivity index (χ1v) is 6.68. The number of anilines is 1. The predicted octanol–water partition coefficient (Wildman–Crippen LogP) is 1.15. The molecule has 2 rings (SSSR count). The minimum absolute atomic E-state index is 0.656. The third-order valence-corrected chi connectivity index (χ3v) is 3.45. The normalized spacial score (nSPS) is 16.9. The quantitative estimate of drug-likeness (QED) is 0.768. The number of rotatable bonds is 4. The second-order valence-corrected chi connectivity index (χ2v) is 4.73. The van der Waals surface area contributed by atoms with Gasteiger partial charge in [-0.3, -0.25) is 4.90 Å². The molecule has 0 amide bonds. The van der Waals surface area contributed by atoms with E-state index in [2.05, 4.69) is 19.8 Å². The maximum Gasteiger partial charge on any atom is 0.221 e. The highest BCUT2D eigenvalue weighted by Gasteiger charge is 2.20. The zero-order valence-electron chi connectivity index (χ0n) is 10.9. The molecule has 18 heavy (non-hydrogen) atoms. The molecule has 1 aliphatic rings. The Labute approximate surface area is 113 Å². The molecule has 0 N–H and O–H groups in total. The molecule has 0 unspecified atom stereocenters. The van der Waals surface area contributed by atoms with Crippen LogP contribution in [0.25, 0.3) is 0 Å². The van der Waals surface area contributed by atoms with E-state index in [-0.39, 0.29) is 0 Å². The summed E-state index contributed by atoms with van der Waals surface area (Å²) in [6, 6.07) is 0. The molecule has 0 bridgehead atoms. The van der Waals surface area contributed by atoms with E-state index in [1.165, 1.54) is 0 Å². The molecule has 1 aromatic rings. The fourth-order valence-corrected chi connectivity index (χ4v) is 2.49. The first-order valence-electron chi connectivity index (χ1n) is 6.15. The van der Waals surface area contributed by atoms with Gasteiger partial charge in [-0.25, -0.2) is 9.97 Å². The minimum atomic E-state index is 0.656. The summed E-state index contributed by atoms with van der Waals surface area (Å²) < 4.78 is 5.23. The summed E-state index contributed by atoms with van der Waals surface area (Å²) in [5.41, 5.74) is 1.01. The van der Waals surface area contributed by atoms with Gasteiger partial charge in [-0.1, -0.05) is 0 Å². The molecule has 0 radical (unpaired) electrons. The summed E-state index contributed by atoms with van der Waals surface area (Å²) in [7, 11) is 1.64. The van der Waals surface area contributed by atoms with Crippen molar-refractivity contribution in [2.24, 2.45) is 0 Å². The number of piperazine rings is 1. The Bertz CT molecular complexity index is 394. The highest BCUT2D eigenvalue weighted by molar-refractivity contribution is 6.18. The van der Waals surface area contributed by atoms with Gasteiger partial charge in [0, 0.05) is 38.6 Å². The zero-order chi connectivity index (χ0) is 13.0. The molecule has 1 aliphatic heterocycles. The standard InChI is InChI=1S/C12H19ClN4O/c1-10-11(14-9-15-12(10)18-2)17-7-5-16(4-3-13)6-8-17/h9H,3-8H2,1-2H3. The summed E-state index contributed by atoms with van der Waals surface area (Å²) in [6.45, 7) is 6.95. The zero-order valence-corrected chi connectivity index (χ0v) is 11.7. The Kier molecular flexibility index (Phi) is 4.60. The van der Waals surface area contributed by atoms with E-state index in [1.54, 1.807) is 13.4 Å². The lowest BCUT2D eigenvalue weighted by molar-refractivity contribution is 0.271. The van der Waals surface area contributed by atoms with E-state index in [4.69, 9.17) is 16.3 Å². The number of hydrogen-bond acceptors (Lipinski definition) is 5. The molecule has 1 aromatic heterocycles. The highest BCUT2D eigenvalue weighted by atomic mass is 35.5. The Morgan fingerprint density at radius 1 is 1.28 bits per heavy atom. The Morgan fingerprint density at radius 2 is 2.00 bits per heavy atom. The van der Waals surface area contributed by atoms with Crippen LogP contribution < -0.4 is 9.64 Å². The van der Waals surface area contributed by atoms with Crippen LogP contribution in [0.5, 0.6) is 5.88 Å². The van der Waals surface area contributed by atoms with Crippen LogP contribution in [0, 0.1) is 6.92 Å². The van der Waals surface area contributed by atoms with Gasteiger partial charge in [-0.2, -0.15) is 0 Å². The van der Waals surface area contributed by atoms with Gasteiger partial charge in [0.05, 0.1) is 12.7 Å². The van der Waals surface area contributed by atoms with Gasteiger partial charge in [0.1, 0.15) is 12.1 Å². The maximum absolute atomic E-state index is 5.76. The van der Waals surface area contributed by atoms with Crippen LogP contribution >= 0.6 is 11.6 Å². The van der Waals surface area contributed by atoms with Gasteiger partial charge >= 0.3 is 0 Å². The lowest BCUT2D eigenvalue weighted by atomic mass is 10.2. The summed E-state index contributed by atoms with van der Waals surface area (Å²) in [5, 5.41) is 0. The van der Waals surface area contributed by atoms with Crippen molar-refractivity contribution < 1.29 is 4.74 Å². The topological polar surface area (TPSA) is 41.5 Å². The van der Waals surface area contributed by atoms with Crippen molar-refractivity contribution in [1.82, 2.24) is 14.9 Å². The van der Waals surface area contributed by atoms with Crippen LogP contribution in [0.2, 0.25) is 0 Å². The van der Waals surface area contributed by atoms with Gasteiger partial charge < -0.3 is 9.64 Å². The van der Waals surface area contributed by atoms with Gasteiger partial charge in [0.2, 0.25) is 5.88 Å². The lowest BCUT2D eigenvalue weighted by Gasteiger charge is -2.35. The number of alkyl halides is 1. The monoisotopic (exact) mass is 270 g/mol. The number of aromatic nitrogens is 2. The second-order valence-electron chi connectivity index (χ2n) is 4.35. The van der Waals surface area contributed by atoms with E-state index >= 15 is 0 Å². The van der Waals surface area contributed by atoms with E-state index in [9.17, 15) is 0 Å². The van der Waals surface area contributed by atoms with Crippen LogP contribution in [-0.4, -0.2) is 60.6 Å². The third-order valence-electron chi connectivity index (χ3n) is 3.28. The van der Waals surface area contributed by atoms with E-state index in [0.29, 0.717) is 11.8 Å². The SMILES string of the molecule is COc1ncnc(N2CCN(CCCl)CC2)c1C.